The van der Waals surface area contributed by atoms with Crippen LogP contribution in [-0.4, -0.2) is 46.2 Å². The Hall–Kier alpha value is -2.23. The summed E-state index contributed by atoms with van der Waals surface area (Å²) < 4.78 is 58.7. The Morgan fingerprint density at radius 1 is 0.957 bits per heavy atom. The number of aromatic nitrogens is 3. The van der Waals surface area contributed by atoms with Gasteiger partial charge < -0.3 is 9.42 Å². The van der Waals surface area contributed by atoms with Gasteiger partial charge in [0, 0.05) is 33.1 Å². The second-order valence-corrected chi connectivity index (χ2v) is 5.16. The van der Waals surface area contributed by atoms with Gasteiger partial charge >= 0.3 is 0 Å². The van der Waals surface area contributed by atoms with Crippen LogP contribution in [0.5, 0.6) is 0 Å². The summed E-state index contributed by atoms with van der Waals surface area (Å²) in [4.78, 5) is 9.84. The normalized spacial score (nSPS) is 16.1. The summed E-state index contributed by atoms with van der Waals surface area (Å²) in [6.45, 7) is 3.36. The second kappa shape index (κ2) is 6.11. The highest BCUT2D eigenvalue weighted by Crippen LogP contribution is 2.27. The molecule has 3 heterocycles. The molecule has 0 unspecified atom stereocenters. The molecule has 1 saturated heterocycles. The number of hydrogen-bond donors (Lipinski definition) is 0. The minimum atomic E-state index is -1.65. The van der Waals surface area contributed by atoms with Crippen molar-refractivity contribution in [1.29, 1.82) is 0 Å². The van der Waals surface area contributed by atoms with Crippen molar-refractivity contribution in [2.75, 3.05) is 31.1 Å². The predicted octanol–water partition coefficient (Wildman–Crippen LogP) is 1.65. The van der Waals surface area contributed by atoms with E-state index in [1.165, 1.54) is 4.90 Å². The van der Waals surface area contributed by atoms with Gasteiger partial charge in [-0.1, -0.05) is 5.16 Å². The van der Waals surface area contributed by atoms with Crippen molar-refractivity contribution in [3.63, 3.8) is 0 Å². The molecular weight excluding hydrogens is 318 g/mol. The van der Waals surface area contributed by atoms with E-state index in [0.717, 1.165) is 0 Å². The fraction of sp³-hybridized carbons (Fsp3) is 0.462. The number of piperazine rings is 1. The third-order valence-electron chi connectivity index (χ3n) is 3.60. The van der Waals surface area contributed by atoms with Crippen molar-refractivity contribution < 1.29 is 22.1 Å². The fourth-order valence-corrected chi connectivity index (χ4v) is 2.49. The van der Waals surface area contributed by atoms with Gasteiger partial charge in [-0.3, -0.25) is 4.90 Å². The zero-order valence-electron chi connectivity index (χ0n) is 12.2. The van der Waals surface area contributed by atoms with Crippen LogP contribution in [0, 0.1) is 30.5 Å². The van der Waals surface area contributed by atoms with Gasteiger partial charge in [-0.05, 0) is 0 Å². The van der Waals surface area contributed by atoms with E-state index in [-0.39, 0.29) is 13.1 Å². The maximum Gasteiger partial charge on any atom is 0.253 e. The van der Waals surface area contributed by atoms with E-state index in [0.29, 0.717) is 31.3 Å². The lowest BCUT2D eigenvalue weighted by Gasteiger charge is -2.35. The molecule has 0 atom stereocenters. The number of halogens is 4. The summed E-state index contributed by atoms with van der Waals surface area (Å²) in [5.74, 6) is -5.30. The van der Waals surface area contributed by atoms with Gasteiger partial charge in [-0.15, -0.1) is 0 Å². The van der Waals surface area contributed by atoms with Crippen LogP contribution in [0.4, 0.5) is 23.2 Å². The Bertz CT molecular complexity index is 688. The van der Waals surface area contributed by atoms with Gasteiger partial charge in [0.05, 0.1) is 6.54 Å². The third-order valence-corrected chi connectivity index (χ3v) is 3.60. The van der Waals surface area contributed by atoms with Crippen LogP contribution >= 0.6 is 0 Å². The molecule has 0 radical (unpaired) electrons. The van der Waals surface area contributed by atoms with Crippen LogP contribution < -0.4 is 4.90 Å². The molecule has 0 N–H and O–H groups in total. The fourth-order valence-electron chi connectivity index (χ4n) is 2.49. The number of pyridine rings is 1. The Balaban J connectivity index is 1.70. The van der Waals surface area contributed by atoms with Crippen LogP contribution in [0.2, 0.25) is 0 Å². The zero-order chi connectivity index (χ0) is 16.6. The standard InChI is InChI=1S/C13H13F4N5O/c1-7-18-8(20-23-7)6-21-2-4-22(5-3-21)11-9(14)12(16)19-13(17)10(11)15/h2-6H2,1H3. The molecule has 0 aromatic carbocycles. The van der Waals surface area contributed by atoms with Crippen molar-refractivity contribution in [1.82, 2.24) is 20.0 Å². The van der Waals surface area contributed by atoms with E-state index in [2.05, 4.69) is 15.1 Å². The number of nitrogens with zero attached hydrogens (tertiary/aromatic N) is 5. The topological polar surface area (TPSA) is 58.3 Å². The highest BCUT2D eigenvalue weighted by Gasteiger charge is 2.28. The minimum Gasteiger partial charge on any atom is -0.364 e. The van der Waals surface area contributed by atoms with Crippen LogP contribution in [0.15, 0.2) is 4.52 Å². The van der Waals surface area contributed by atoms with Crippen molar-refractivity contribution in [2.24, 2.45) is 0 Å². The lowest BCUT2D eigenvalue weighted by atomic mass is 10.2. The first-order chi connectivity index (χ1) is 11.0. The first-order valence-electron chi connectivity index (χ1n) is 6.92. The molecule has 1 fully saturated rings. The lowest BCUT2D eigenvalue weighted by molar-refractivity contribution is 0.238. The lowest BCUT2D eigenvalue weighted by Crippen LogP contribution is -2.46. The Labute approximate surface area is 128 Å². The zero-order valence-corrected chi connectivity index (χ0v) is 12.2. The SMILES string of the molecule is Cc1nc(CN2CCN(c3c(F)c(F)nc(F)c3F)CC2)no1. The molecule has 2 aromatic heterocycles. The van der Waals surface area contributed by atoms with Gasteiger partial charge in [0.25, 0.3) is 11.9 Å². The predicted molar refractivity (Wildman–Crippen MR) is 70.6 cm³/mol. The average Bonchev–Trinajstić information content (AvgIpc) is 2.92. The van der Waals surface area contributed by atoms with Gasteiger partial charge in [0.2, 0.25) is 17.5 Å². The highest BCUT2D eigenvalue weighted by molar-refractivity contribution is 5.49. The van der Waals surface area contributed by atoms with Crippen molar-refractivity contribution >= 4 is 5.69 Å². The Kier molecular flexibility index (Phi) is 4.16. The number of aryl methyl sites for hydroxylation is 1. The average molecular weight is 331 g/mol. The van der Waals surface area contributed by atoms with E-state index in [1.54, 1.807) is 6.92 Å². The summed E-state index contributed by atoms with van der Waals surface area (Å²) in [7, 11) is 0. The number of hydrogen-bond acceptors (Lipinski definition) is 6. The highest BCUT2D eigenvalue weighted by atomic mass is 19.2. The summed E-state index contributed by atoms with van der Waals surface area (Å²) in [6, 6.07) is 0. The van der Waals surface area contributed by atoms with Crippen LogP contribution in [0.3, 0.4) is 0 Å². The number of anilines is 1. The summed E-state index contributed by atoms with van der Waals surface area (Å²) in [6.07, 6.45) is 0. The van der Waals surface area contributed by atoms with Gasteiger partial charge in [0.1, 0.15) is 5.69 Å². The molecule has 0 aliphatic carbocycles. The first kappa shape index (κ1) is 15.7. The third kappa shape index (κ3) is 3.11. The smallest absolute Gasteiger partial charge is 0.253 e. The van der Waals surface area contributed by atoms with Crippen molar-refractivity contribution in [3.05, 3.63) is 35.2 Å². The maximum absolute atomic E-state index is 13.7. The maximum atomic E-state index is 13.7. The van der Waals surface area contributed by atoms with E-state index in [9.17, 15) is 17.6 Å². The monoisotopic (exact) mass is 331 g/mol. The van der Waals surface area contributed by atoms with Crippen molar-refractivity contribution in [2.45, 2.75) is 13.5 Å². The van der Waals surface area contributed by atoms with Crippen LogP contribution in [0.25, 0.3) is 0 Å². The quantitative estimate of drug-likeness (QED) is 0.630. The van der Waals surface area contributed by atoms with E-state index < -0.39 is 29.2 Å². The van der Waals surface area contributed by atoms with E-state index in [1.807, 2.05) is 4.90 Å². The molecule has 124 valence electrons. The molecule has 23 heavy (non-hydrogen) atoms. The van der Waals surface area contributed by atoms with Gasteiger partial charge in [-0.25, -0.2) is 0 Å². The molecule has 2 aromatic rings. The van der Waals surface area contributed by atoms with Crippen molar-refractivity contribution in [3.8, 4) is 0 Å². The van der Waals surface area contributed by atoms with Gasteiger partial charge in [0.15, 0.2) is 5.82 Å². The van der Waals surface area contributed by atoms with Gasteiger partial charge in [-0.2, -0.15) is 27.5 Å². The molecule has 0 bridgehead atoms. The molecule has 0 saturated carbocycles. The number of rotatable bonds is 3. The summed E-state index contributed by atoms with van der Waals surface area (Å²) in [5.41, 5.74) is -0.718. The molecule has 6 nitrogen and oxygen atoms in total. The molecular formula is C13H13F4N5O. The molecule has 10 heteroatoms. The molecule has 0 amide bonds. The Morgan fingerprint density at radius 2 is 1.57 bits per heavy atom. The van der Waals surface area contributed by atoms with Crippen LogP contribution in [0.1, 0.15) is 11.7 Å². The summed E-state index contributed by atoms with van der Waals surface area (Å²) >= 11 is 0. The Morgan fingerprint density at radius 3 is 2.09 bits per heavy atom. The molecule has 0 spiro atoms. The first-order valence-corrected chi connectivity index (χ1v) is 6.92. The molecule has 1 aliphatic heterocycles. The van der Waals surface area contributed by atoms with E-state index >= 15 is 0 Å². The molecule has 3 rings (SSSR count). The second-order valence-electron chi connectivity index (χ2n) is 5.16. The molecule has 1 aliphatic rings. The largest absolute Gasteiger partial charge is 0.364 e. The van der Waals surface area contributed by atoms with E-state index in [4.69, 9.17) is 4.52 Å². The minimum absolute atomic E-state index is 0.202. The van der Waals surface area contributed by atoms with Crippen LogP contribution in [-0.2, 0) is 6.54 Å². The summed E-state index contributed by atoms with van der Waals surface area (Å²) in [5, 5.41) is 3.77.